The van der Waals surface area contributed by atoms with E-state index in [2.05, 4.69) is 27.4 Å². The van der Waals surface area contributed by atoms with E-state index in [1.165, 1.54) is 22.2 Å². The summed E-state index contributed by atoms with van der Waals surface area (Å²) in [7, 11) is 0. The molecule has 1 aliphatic rings. The molecule has 0 unspecified atom stereocenters. The first kappa shape index (κ1) is 7.77. The van der Waals surface area contributed by atoms with Gasteiger partial charge in [-0.1, -0.05) is 0 Å². The summed E-state index contributed by atoms with van der Waals surface area (Å²) in [5.74, 6) is 0. The van der Waals surface area contributed by atoms with E-state index in [9.17, 15) is 0 Å². The molecule has 0 atom stereocenters. The Morgan fingerprint density at radius 3 is 2.82 bits per heavy atom. The predicted octanol–water partition coefficient (Wildman–Crippen LogP) is 2.54. The Balaban J connectivity index is 2.12. The van der Waals surface area contributed by atoms with E-state index < -0.39 is 0 Å². The molecule has 0 spiro atoms. The van der Waals surface area contributed by atoms with Gasteiger partial charge in [0.15, 0.2) is 0 Å². The molecule has 2 rings (SSSR count). The average Bonchev–Trinajstić information content (AvgIpc) is 2.54. The zero-order chi connectivity index (χ0) is 7.90. The van der Waals surface area contributed by atoms with Crippen LogP contribution < -0.4 is 5.73 Å². The zero-order valence-corrected chi connectivity index (χ0v) is 8.54. The van der Waals surface area contributed by atoms with E-state index in [4.69, 9.17) is 5.73 Å². The number of thiophene rings is 1. The number of nitrogens with two attached hydrogens (primary N) is 1. The molecular formula is C8H10BrNS. The Hall–Kier alpha value is 0.140. The van der Waals surface area contributed by atoms with Gasteiger partial charge in [-0.25, -0.2) is 0 Å². The second-order valence-corrected chi connectivity index (χ2v) is 5.09. The van der Waals surface area contributed by atoms with Crippen molar-refractivity contribution in [3.63, 3.8) is 0 Å². The van der Waals surface area contributed by atoms with Gasteiger partial charge in [0.1, 0.15) is 0 Å². The molecule has 1 aliphatic carbocycles. The molecule has 0 aliphatic heterocycles. The van der Waals surface area contributed by atoms with Gasteiger partial charge in [0, 0.05) is 21.3 Å². The monoisotopic (exact) mass is 231 g/mol. The van der Waals surface area contributed by atoms with Crippen molar-refractivity contribution in [1.82, 2.24) is 0 Å². The molecule has 3 heteroatoms. The highest BCUT2D eigenvalue weighted by atomic mass is 79.9. The number of hydrogen-bond acceptors (Lipinski definition) is 2. The van der Waals surface area contributed by atoms with Crippen molar-refractivity contribution in [1.29, 1.82) is 0 Å². The quantitative estimate of drug-likeness (QED) is 0.833. The highest BCUT2D eigenvalue weighted by molar-refractivity contribution is 9.10. The van der Waals surface area contributed by atoms with Crippen LogP contribution in [0.2, 0.25) is 0 Å². The van der Waals surface area contributed by atoms with E-state index in [1.807, 2.05) is 0 Å². The standard InChI is InChI=1S/C8H10BrNS/c9-6-1-4-11-7(6)5-8(10)2-3-8/h1,4H,2-3,5,10H2. The van der Waals surface area contributed by atoms with Crippen LogP contribution in [-0.4, -0.2) is 5.54 Å². The summed E-state index contributed by atoms with van der Waals surface area (Å²) >= 11 is 5.29. The molecule has 0 radical (unpaired) electrons. The third-order valence-corrected chi connectivity index (χ3v) is 4.02. The molecule has 60 valence electrons. The minimum absolute atomic E-state index is 0.146. The van der Waals surface area contributed by atoms with Gasteiger partial charge in [0.2, 0.25) is 0 Å². The normalized spacial score (nSPS) is 20.2. The maximum Gasteiger partial charge on any atom is 0.0315 e. The van der Waals surface area contributed by atoms with E-state index in [0.717, 1.165) is 6.42 Å². The summed E-state index contributed by atoms with van der Waals surface area (Å²) in [4.78, 5) is 1.39. The summed E-state index contributed by atoms with van der Waals surface area (Å²) in [6.45, 7) is 0. The summed E-state index contributed by atoms with van der Waals surface area (Å²) in [6, 6.07) is 2.09. The minimum atomic E-state index is 0.146. The second kappa shape index (κ2) is 2.57. The lowest BCUT2D eigenvalue weighted by Crippen LogP contribution is -2.23. The van der Waals surface area contributed by atoms with E-state index >= 15 is 0 Å². The summed E-state index contributed by atoms with van der Waals surface area (Å²) in [6.07, 6.45) is 3.43. The second-order valence-electron chi connectivity index (χ2n) is 3.23. The number of rotatable bonds is 2. The first-order chi connectivity index (χ1) is 5.20. The lowest BCUT2D eigenvalue weighted by Gasteiger charge is -2.05. The van der Waals surface area contributed by atoms with Gasteiger partial charge >= 0.3 is 0 Å². The lowest BCUT2D eigenvalue weighted by atomic mass is 10.2. The molecular weight excluding hydrogens is 222 g/mol. The fraction of sp³-hybridized carbons (Fsp3) is 0.500. The first-order valence-corrected chi connectivity index (χ1v) is 5.38. The maximum atomic E-state index is 5.99. The molecule has 1 aromatic rings. The molecule has 1 nitrogen and oxygen atoms in total. The largest absolute Gasteiger partial charge is 0.325 e. The van der Waals surface area contributed by atoms with Crippen LogP contribution in [0.4, 0.5) is 0 Å². The molecule has 11 heavy (non-hydrogen) atoms. The molecule has 1 heterocycles. The zero-order valence-electron chi connectivity index (χ0n) is 6.14. The highest BCUT2D eigenvalue weighted by Gasteiger charge is 2.38. The molecule has 1 fully saturated rings. The van der Waals surface area contributed by atoms with Gasteiger partial charge in [-0.05, 0) is 40.2 Å². The Morgan fingerprint density at radius 1 is 1.64 bits per heavy atom. The predicted molar refractivity (Wildman–Crippen MR) is 51.9 cm³/mol. The Bertz CT molecular complexity index is 265. The molecule has 2 N–H and O–H groups in total. The fourth-order valence-electron chi connectivity index (χ4n) is 1.11. The van der Waals surface area contributed by atoms with Crippen LogP contribution in [0.3, 0.4) is 0 Å². The fourth-order valence-corrected chi connectivity index (χ4v) is 2.76. The Labute approximate surface area is 78.7 Å². The van der Waals surface area contributed by atoms with Gasteiger partial charge in [0.25, 0.3) is 0 Å². The molecule has 0 bridgehead atoms. The van der Waals surface area contributed by atoms with Crippen LogP contribution in [0, 0.1) is 0 Å². The maximum absolute atomic E-state index is 5.99. The Kier molecular flexibility index (Phi) is 1.82. The first-order valence-electron chi connectivity index (χ1n) is 3.70. The summed E-state index contributed by atoms with van der Waals surface area (Å²) < 4.78 is 1.22. The topological polar surface area (TPSA) is 26.0 Å². The molecule has 1 aromatic heterocycles. The summed E-state index contributed by atoms with van der Waals surface area (Å²) in [5.41, 5.74) is 6.14. The van der Waals surface area contributed by atoms with Crippen LogP contribution in [0.5, 0.6) is 0 Å². The SMILES string of the molecule is NC1(Cc2sccc2Br)CC1. The van der Waals surface area contributed by atoms with Crippen LogP contribution >= 0.6 is 27.3 Å². The van der Waals surface area contributed by atoms with Crippen molar-refractivity contribution >= 4 is 27.3 Å². The number of hydrogen-bond donors (Lipinski definition) is 1. The third-order valence-electron chi connectivity index (χ3n) is 2.10. The van der Waals surface area contributed by atoms with Crippen molar-refractivity contribution in [3.05, 3.63) is 20.8 Å². The van der Waals surface area contributed by atoms with Crippen LogP contribution in [0.25, 0.3) is 0 Å². The van der Waals surface area contributed by atoms with Crippen LogP contribution in [0.15, 0.2) is 15.9 Å². The molecule has 1 saturated carbocycles. The molecule has 0 aromatic carbocycles. The Morgan fingerprint density at radius 2 is 2.36 bits per heavy atom. The van der Waals surface area contributed by atoms with Crippen molar-refractivity contribution in [2.75, 3.05) is 0 Å². The van der Waals surface area contributed by atoms with E-state index in [1.54, 1.807) is 11.3 Å². The molecule has 0 amide bonds. The third kappa shape index (κ3) is 1.66. The number of halogens is 1. The lowest BCUT2D eigenvalue weighted by molar-refractivity contribution is 0.678. The van der Waals surface area contributed by atoms with Gasteiger partial charge in [-0.3, -0.25) is 0 Å². The van der Waals surface area contributed by atoms with E-state index in [-0.39, 0.29) is 5.54 Å². The van der Waals surface area contributed by atoms with Crippen molar-refractivity contribution < 1.29 is 0 Å². The van der Waals surface area contributed by atoms with Crippen molar-refractivity contribution in [3.8, 4) is 0 Å². The smallest absolute Gasteiger partial charge is 0.0315 e. The highest BCUT2D eigenvalue weighted by Crippen LogP contribution is 2.38. The molecule has 0 saturated heterocycles. The van der Waals surface area contributed by atoms with Gasteiger partial charge < -0.3 is 5.73 Å². The van der Waals surface area contributed by atoms with Crippen molar-refractivity contribution in [2.45, 2.75) is 24.8 Å². The van der Waals surface area contributed by atoms with Crippen LogP contribution in [-0.2, 0) is 6.42 Å². The summed E-state index contributed by atoms with van der Waals surface area (Å²) in [5, 5.41) is 2.10. The van der Waals surface area contributed by atoms with E-state index in [0.29, 0.717) is 0 Å². The van der Waals surface area contributed by atoms with Gasteiger partial charge in [0.05, 0.1) is 0 Å². The van der Waals surface area contributed by atoms with Gasteiger partial charge in [-0.2, -0.15) is 0 Å². The van der Waals surface area contributed by atoms with Crippen LogP contribution in [0.1, 0.15) is 17.7 Å². The average molecular weight is 232 g/mol. The van der Waals surface area contributed by atoms with Crippen molar-refractivity contribution in [2.24, 2.45) is 5.73 Å². The van der Waals surface area contributed by atoms with Gasteiger partial charge in [-0.15, -0.1) is 11.3 Å². The minimum Gasteiger partial charge on any atom is -0.325 e.